The van der Waals surface area contributed by atoms with Crippen LogP contribution < -0.4 is 10.7 Å². The molecule has 0 heterocycles. The molecule has 3 nitrogen and oxygen atoms in total. The molecule has 0 amide bonds. The third-order valence-electron chi connectivity index (χ3n) is 6.11. The number of hydrogen-bond donors (Lipinski definition) is 2. The van der Waals surface area contributed by atoms with Crippen LogP contribution >= 0.6 is 12.2 Å². The molecule has 4 heteroatoms. The highest BCUT2D eigenvalue weighted by Gasteiger charge is 2.46. The van der Waals surface area contributed by atoms with E-state index >= 15 is 0 Å². The molecule has 0 aromatic heterocycles. The second kappa shape index (κ2) is 5.90. The number of benzene rings is 1. The van der Waals surface area contributed by atoms with Crippen LogP contribution in [-0.4, -0.2) is 10.8 Å². The highest BCUT2D eigenvalue weighted by molar-refractivity contribution is 7.80. The van der Waals surface area contributed by atoms with Crippen LogP contribution in [0.4, 0.5) is 5.69 Å². The molecule has 5 rings (SSSR count). The van der Waals surface area contributed by atoms with Gasteiger partial charge in [0.1, 0.15) is 0 Å². The predicted octanol–water partition coefficient (Wildman–Crippen LogP) is 4.40. The van der Waals surface area contributed by atoms with E-state index in [1.165, 1.54) is 48.9 Å². The van der Waals surface area contributed by atoms with E-state index in [4.69, 9.17) is 17.3 Å². The number of nitrogens with zero attached hydrogens (tertiary/aromatic N) is 1. The smallest absolute Gasteiger partial charge is 0.191 e. The zero-order valence-electron chi connectivity index (χ0n) is 13.9. The molecule has 0 saturated heterocycles. The van der Waals surface area contributed by atoms with Gasteiger partial charge in [-0.05, 0) is 99.0 Å². The average molecular weight is 327 g/mol. The summed E-state index contributed by atoms with van der Waals surface area (Å²) in [7, 11) is 0. The minimum Gasteiger partial charge on any atom is -0.331 e. The van der Waals surface area contributed by atoms with Gasteiger partial charge in [-0.25, -0.2) is 0 Å². The topological polar surface area (TPSA) is 36.4 Å². The number of nitrogens with one attached hydrogen (secondary N) is 2. The van der Waals surface area contributed by atoms with E-state index in [1.54, 1.807) is 0 Å². The average Bonchev–Trinajstić information content (AvgIpc) is 2.50. The minimum atomic E-state index is 0.597. The van der Waals surface area contributed by atoms with Gasteiger partial charge in [0.25, 0.3) is 0 Å². The van der Waals surface area contributed by atoms with Crippen molar-refractivity contribution in [2.45, 2.75) is 46.0 Å². The lowest BCUT2D eigenvalue weighted by molar-refractivity contribution is 0.108. The number of rotatable bonds is 2. The first-order valence-electron chi connectivity index (χ1n) is 8.81. The lowest BCUT2D eigenvalue weighted by atomic mass is 9.55. The molecular formula is C19H25N3S. The van der Waals surface area contributed by atoms with Crippen molar-refractivity contribution in [2.75, 3.05) is 5.32 Å². The third kappa shape index (κ3) is 2.89. The highest BCUT2D eigenvalue weighted by atomic mass is 32.1. The van der Waals surface area contributed by atoms with E-state index < -0.39 is 0 Å². The molecule has 0 aliphatic heterocycles. The minimum absolute atomic E-state index is 0.597. The molecule has 1 aromatic rings. The Balaban J connectivity index is 1.42. The zero-order valence-corrected chi connectivity index (χ0v) is 14.7. The summed E-state index contributed by atoms with van der Waals surface area (Å²) in [6.45, 7) is 4.23. The summed E-state index contributed by atoms with van der Waals surface area (Å²) < 4.78 is 0. The van der Waals surface area contributed by atoms with Crippen LogP contribution in [0, 0.1) is 37.5 Å². The van der Waals surface area contributed by atoms with Crippen LogP contribution in [0.1, 0.15) is 43.2 Å². The van der Waals surface area contributed by atoms with Gasteiger partial charge in [0.15, 0.2) is 5.11 Å². The molecule has 0 spiro atoms. The Hall–Kier alpha value is -1.42. The number of thiocarbonyl (C=S) groups is 1. The molecule has 0 unspecified atom stereocenters. The molecule has 0 radical (unpaired) electrons. The predicted molar refractivity (Wildman–Crippen MR) is 99.8 cm³/mol. The number of hydrazone groups is 1. The van der Waals surface area contributed by atoms with Crippen molar-refractivity contribution >= 4 is 28.7 Å². The van der Waals surface area contributed by atoms with Crippen molar-refractivity contribution in [3.05, 3.63) is 29.3 Å². The second-order valence-electron chi connectivity index (χ2n) is 7.65. The van der Waals surface area contributed by atoms with Crippen LogP contribution in [0.2, 0.25) is 0 Å². The Bertz CT molecular complexity index is 635. The van der Waals surface area contributed by atoms with Crippen molar-refractivity contribution in [1.29, 1.82) is 0 Å². The van der Waals surface area contributed by atoms with Crippen LogP contribution in [-0.2, 0) is 0 Å². The van der Waals surface area contributed by atoms with Gasteiger partial charge < -0.3 is 5.32 Å². The van der Waals surface area contributed by atoms with Crippen LogP contribution in [0.3, 0.4) is 0 Å². The third-order valence-corrected chi connectivity index (χ3v) is 6.31. The maximum atomic E-state index is 5.44. The van der Waals surface area contributed by atoms with Crippen molar-refractivity contribution in [1.82, 2.24) is 5.43 Å². The Morgan fingerprint density at radius 3 is 2.35 bits per heavy atom. The second-order valence-corrected chi connectivity index (χ2v) is 8.06. The van der Waals surface area contributed by atoms with E-state index in [9.17, 15) is 0 Å². The van der Waals surface area contributed by atoms with E-state index in [1.807, 2.05) is 0 Å². The molecule has 0 atom stereocenters. The molecule has 122 valence electrons. The summed E-state index contributed by atoms with van der Waals surface area (Å²) in [5, 5.41) is 8.62. The molecule has 23 heavy (non-hydrogen) atoms. The van der Waals surface area contributed by atoms with E-state index in [-0.39, 0.29) is 0 Å². The summed E-state index contributed by atoms with van der Waals surface area (Å²) in [4.78, 5) is 0. The first-order valence-corrected chi connectivity index (χ1v) is 9.21. The summed E-state index contributed by atoms with van der Waals surface area (Å²) in [6, 6.07) is 6.23. The fraction of sp³-hybridized carbons (Fsp3) is 0.579. The maximum absolute atomic E-state index is 5.44. The molecule has 4 bridgehead atoms. The Morgan fingerprint density at radius 1 is 1.04 bits per heavy atom. The van der Waals surface area contributed by atoms with Gasteiger partial charge in [-0.15, -0.1) is 0 Å². The first kappa shape index (κ1) is 15.1. The van der Waals surface area contributed by atoms with E-state index in [0.29, 0.717) is 16.9 Å². The summed E-state index contributed by atoms with van der Waals surface area (Å²) in [5.41, 5.74) is 8.07. The van der Waals surface area contributed by atoms with Crippen LogP contribution in [0.15, 0.2) is 23.3 Å². The van der Waals surface area contributed by atoms with Gasteiger partial charge >= 0.3 is 0 Å². The van der Waals surface area contributed by atoms with Gasteiger partial charge in [0, 0.05) is 11.4 Å². The molecule has 1 aromatic carbocycles. The van der Waals surface area contributed by atoms with Gasteiger partial charge in [-0.2, -0.15) is 5.10 Å². The molecule has 4 aliphatic carbocycles. The monoisotopic (exact) mass is 327 g/mol. The standard InChI is InChI=1S/C19H25N3S/c1-11-4-3-5-17(12(11)2)20-19(23)22-21-18-15-7-13-6-14(9-15)10-16(18)8-13/h3-5,13-16H,6-10H2,1-2H3,(H2,20,22,23). The lowest BCUT2D eigenvalue weighted by Crippen LogP contribution is -2.46. The maximum Gasteiger partial charge on any atom is 0.191 e. The Labute approximate surface area is 143 Å². The van der Waals surface area contributed by atoms with Crippen LogP contribution in [0.25, 0.3) is 0 Å². The summed E-state index contributed by atoms with van der Waals surface area (Å²) in [6.07, 6.45) is 6.88. The number of aryl methyl sites for hydroxylation is 1. The van der Waals surface area contributed by atoms with Crippen molar-refractivity contribution in [2.24, 2.45) is 28.8 Å². The fourth-order valence-electron chi connectivity index (χ4n) is 5.00. The number of anilines is 1. The van der Waals surface area contributed by atoms with Gasteiger partial charge in [0.2, 0.25) is 0 Å². The quantitative estimate of drug-likeness (QED) is 0.624. The molecule has 2 N–H and O–H groups in total. The van der Waals surface area contributed by atoms with Crippen molar-refractivity contribution in [3.8, 4) is 0 Å². The van der Waals surface area contributed by atoms with E-state index in [2.05, 4.69) is 42.8 Å². The normalized spacial score (nSPS) is 31.1. The first-order chi connectivity index (χ1) is 11.1. The SMILES string of the molecule is Cc1cccc(NC(=S)NN=C2C3CC4CC(C3)CC2C4)c1C. The lowest BCUT2D eigenvalue weighted by Gasteiger charge is -2.50. The molecule has 4 aliphatic rings. The zero-order chi connectivity index (χ0) is 16.0. The van der Waals surface area contributed by atoms with E-state index in [0.717, 1.165) is 17.5 Å². The van der Waals surface area contributed by atoms with Crippen LogP contribution in [0.5, 0.6) is 0 Å². The number of hydrogen-bond acceptors (Lipinski definition) is 2. The fourth-order valence-corrected chi connectivity index (χ4v) is 5.16. The summed E-state index contributed by atoms with van der Waals surface area (Å²) >= 11 is 5.44. The largest absolute Gasteiger partial charge is 0.331 e. The van der Waals surface area contributed by atoms with Crippen molar-refractivity contribution < 1.29 is 0 Å². The highest BCUT2D eigenvalue weighted by Crippen LogP contribution is 2.52. The van der Waals surface area contributed by atoms with Gasteiger partial charge in [-0.1, -0.05) is 12.1 Å². The Kier molecular flexibility index (Phi) is 3.88. The molecule has 4 saturated carbocycles. The van der Waals surface area contributed by atoms with Crippen molar-refractivity contribution in [3.63, 3.8) is 0 Å². The molecule has 4 fully saturated rings. The summed E-state index contributed by atoms with van der Waals surface area (Å²) in [5.74, 6) is 3.36. The Morgan fingerprint density at radius 2 is 1.70 bits per heavy atom. The molecular weight excluding hydrogens is 302 g/mol. The van der Waals surface area contributed by atoms with Gasteiger partial charge in [0.05, 0.1) is 0 Å². The van der Waals surface area contributed by atoms with Gasteiger partial charge in [-0.3, -0.25) is 5.43 Å².